The number of hydrogen-bond acceptors (Lipinski definition) is 5. The van der Waals surface area contributed by atoms with Crippen molar-refractivity contribution in [3.8, 4) is 11.5 Å². The molecular weight excluding hydrogens is 502 g/mol. The maximum atomic E-state index is 14.0. The number of carbonyl (C=O) groups excluding carboxylic acids is 2. The van der Waals surface area contributed by atoms with Crippen LogP contribution in [0.1, 0.15) is 66.2 Å². The van der Waals surface area contributed by atoms with E-state index >= 15 is 0 Å². The van der Waals surface area contributed by atoms with Crippen LogP contribution in [0.5, 0.6) is 11.5 Å². The molecule has 0 aliphatic carbocycles. The van der Waals surface area contributed by atoms with Gasteiger partial charge < -0.3 is 24.6 Å². The minimum Gasteiger partial charge on any atom is -0.490 e. The van der Waals surface area contributed by atoms with Crippen molar-refractivity contribution in [3.63, 3.8) is 0 Å². The van der Waals surface area contributed by atoms with Gasteiger partial charge in [-0.3, -0.25) is 9.59 Å². The maximum absolute atomic E-state index is 14.0. The van der Waals surface area contributed by atoms with Gasteiger partial charge in [-0.05, 0) is 80.6 Å². The Hall–Kier alpha value is -4.00. The molecule has 7 nitrogen and oxygen atoms in total. The normalized spacial score (nSPS) is 17.4. The largest absolute Gasteiger partial charge is 0.490 e. The lowest BCUT2D eigenvalue weighted by Gasteiger charge is -2.45. The molecule has 2 aliphatic heterocycles. The number of nitrogens with zero attached hydrogens (tertiary/aromatic N) is 2. The fourth-order valence-corrected chi connectivity index (χ4v) is 6.05. The van der Waals surface area contributed by atoms with Crippen LogP contribution in [-0.2, 0) is 11.2 Å². The quantitative estimate of drug-likeness (QED) is 0.331. The third-order valence-electron chi connectivity index (χ3n) is 7.87. The third kappa shape index (κ3) is 5.37. The molecule has 0 saturated carbocycles. The lowest BCUT2D eigenvalue weighted by molar-refractivity contribution is -0.124. The van der Waals surface area contributed by atoms with Gasteiger partial charge in [-0.15, -0.1) is 0 Å². The summed E-state index contributed by atoms with van der Waals surface area (Å²) >= 11 is 0. The summed E-state index contributed by atoms with van der Waals surface area (Å²) in [5.74, 6) is 0.757. The lowest BCUT2D eigenvalue weighted by Crippen LogP contribution is -2.50. The van der Waals surface area contributed by atoms with Crippen molar-refractivity contribution in [1.29, 1.82) is 0 Å². The molecule has 2 unspecified atom stereocenters. The van der Waals surface area contributed by atoms with Crippen LogP contribution in [0.4, 0.5) is 5.69 Å². The molecule has 0 aromatic heterocycles. The molecule has 3 aromatic carbocycles. The topological polar surface area (TPSA) is 71.1 Å². The van der Waals surface area contributed by atoms with E-state index in [2.05, 4.69) is 29.3 Å². The molecule has 2 heterocycles. The third-order valence-corrected chi connectivity index (χ3v) is 7.87. The minimum atomic E-state index is -0.517. The highest BCUT2D eigenvalue weighted by atomic mass is 16.5. The first-order valence-corrected chi connectivity index (χ1v) is 14.5. The Morgan fingerprint density at radius 2 is 1.65 bits per heavy atom. The van der Waals surface area contributed by atoms with Crippen molar-refractivity contribution in [2.24, 2.45) is 0 Å². The first kappa shape index (κ1) is 27.6. The zero-order valence-corrected chi connectivity index (χ0v) is 23.7. The van der Waals surface area contributed by atoms with E-state index in [1.54, 1.807) is 0 Å². The number of carbonyl (C=O) groups is 2. The molecule has 2 aliphatic rings. The van der Waals surface area contributed by atoms with Gasteiger partial charge in [-0.2, -0.15) is 0 Å². The highest BCUT2D eigenvalue weighted by Crippen LogP contribution is 2.48. The molecular formula is C33H39N3O4. The monoisotopic (exact) mass is 541 g/mol. The first-order chi connectivity index (χ1) is 19.6. The molecule has 0 saturated heterocycles. The standard InChI is InChI=1S/C33H39N3O4/c1-4-35(24-13-8-7-9-14-24)19-12-18-34-32(37)30-25-15-10-11-16-26(25)33(38)36-20-17-23-21-28(39-5-2)29(40-6-3)22-27(23)31(30)36/h7-11,13-16,21-22,30-31H,4-6,12,17-20H2,1-3H3,(H,34,37). The Kier molecular flexibility index (Phi) is 8.58. The SMILES string of the molecule is CCOc1cc2c(cc1OCC)C1C(C(=O)NCCCN(CC)c3ccccc3)c3ccccc3C(=O)N1CC2. The number of anilines is 1. The van der Waals surface area contributed by atoms with Crippen LogP contribution < -0.4 is 19.7 Å². The first-order valence-electron chi connectivity index (χ1n) is 14.5. The summed E-state index contributed by atoms with van der Waals surface area (Å²) in [5.41, 5.74) is 4.63. The molecule has 210 valence electrons. The second-order valence-corrected chi connectivity index (χ2v) is 10.2. The fourth-order valence-electron chi connectivity index (χ4n) is 6.05. The summed E-state index contributed by atoms with van der Waals surface area (Å²) in [6, 6.07) is 21.5. The Morgan fingerprint density at radius 1 is 0.950 bits per heavy atom. The van der Waals surface area contributed by atoms with Gasteiger partial charge in [0.25, 0.3) is 5.91 Å². The highest BCUT2D eigenvalue weighted by molar-refractivity contribution is 6.01. The van der Waals surface area contributed by atoms with E-state index in [-0.39, 0.29) is 11.8 Å². The molecule has 0 fully saturated rings. The van der Waals surface area contributed by atoms with Crippen molar-refractivity contribution in [2.45, 2.75) is 45.6 Å². The van der Waals surface area contributed by atoms with Gasteiger partial charge in [0.05, 0.1) is 25.2 Å². The van der Waals surface area contributed by atoms with Gasteiger partial charge in [0, 0.05) is 37.4 Å². The van der Waals surface area contributed by atoms with Crippen LogP contribution in [0.25, 0.3) is 0 Å². The molecule has 7 heteroatoms. The molecule has 40 heavy (non-hydrogen) atoms. The van der Waals surface area contributed by atoms with E-state index in [0.29, 0.717) is 49.8 Å². The van der Waals surface area contributed by atoms with E-state index in [0.717, 1.165) is 36.2 Å². The van der Waals surface area contributed by atoms with Gasteiger partial charge in [0.1, 0.15) is 0 Å². The predicted octanol–water partition coefficient (Wildman–Crippen LogP) is 5.35. The highest BCUT2D eigenvalue weighted by Gasteiger charge is 2.46. The Bertz CT molecular complexity index is 1340. The van der Waals surface area contributed by atoms with E-state index in [4.69, 9.17) is 9.47 Å². The summed E-state index contributed by atoms with van der Waals surface area (Å²) in [4.78, 5) is 31.8. The number of nitrogens with one attached hydrogen (secondary N) is 1. The molecule has 0 radical (unpaired) electrons. The number of amides is 2. The number of rotatable bonds is 11. The van der Waals surface area contributed by atoms with Crippen molar-refractivity contribution in [1.82, 2.24) is 10.2 Å². The van der Waals surface area contributed by atoms with Gasteiger partial charge in [0.2, 0.25) is 5.91 Å². The van der Waals surface area contributed by atoms with Gasteiger partial charge in [-0.1, -0.05) is 36.4 Å². The van der Waals surface area contributed by atoms with E-state index < -0.39 is 12.0 Å². The molecule has 2 atom stereocenters. The second kappa shape index (κ2) is 12.5. The van der Waals surface area contributed by atoms with Crippen molar-refractivity contribution in [3.05, 3.63) is 89.0 Å². The summed E-state index contributed by atoms with van der Waals surface area (Å²) in [6.07, 6.45) is 1.52. The lowest BCUT2D eigenvalue weighted by atomic mass is 9.75. The summed E-state index contributed by atoms with van der Waals surface area (Å²) in [6.45, 7) is 9.92. The van der Waals surface area contributed by atoms with E-state index in [9.17, 15) is 9.59 Å². The van der Waals surface area contributed by atoms with E-state index in [1.165, 1.54) is 5.69 Å². The van der Waals surface area contributed by atoms with Crippen LogP contribution in [0, 0.1) is 0 Å². The van der Waals surface area contributed by atoms with E-state index in [1.807, 2.05) is 73.3 Å². The zero-order valence-electron chi connectivity index (χ0n) is 23.7. The van der Waals surface area contributed by atoms with Crippen LogP contribution in [-0.4, -0.2) is 56.1 Å². The number of para-hydroxylation sites is 1. The zero-order chi connectivity index (χ0) is 28.1. The van der Waals surface area contributed by atoms with Crippen LogP contribution in [0.3, 0.4) is 0 Å². The summed E-state index contributed by atoms with van der Waals surface area (Å²) in [5, 5.41) is 3.21. The number of ether oxygens (including phenoxy) is 2. The molecule has 3 aromatic rings. The Balaban J connectivity index is 1.42. The summed E-state index contributed by atoms with van der Waals surface area (Å²) in [7, 11) is 0. The van der Waals surface area contributed by atoms with Crippen LogP contribution in [0.15, 0.2) is 66.7 Å². The fraction of sp³-hybridized carbons (Fsp3) is 0.394. The van der Waals surface area contributed by atoms with Crippen LogP contribution in [0.2, 0.25) is 0 Å². The van der Waals surface area contributed by atoms with Crippen molar-refractivity contribution in [2.75, 3.05) is 44.3 Å². The molecule has 0 spiro atoms. The van der Waals surface area contributed by atoms with Crippen LogP contribution >= 0.6 is 0 Å². The van der Waals surface area contributed by atoms with Gasteiger partial charge in [0.15, 0.2) is 11.5 Å². The molecule has 0 bridgehead atoms. The van der Waals surface area contributed by atoms with Gasteiger partial charge in [-0.25, -0.2) is 0 Å². The van der Waals surface area contributed by atoms with Crippen molar-refractivity contribution >= 4 is 17.5 Å². The Morgan fingerprint density at radius 3 is 2.38 bits per heavy atom. The van der Waals surface area contributed by atoms with Crippen molar-refractivity contribution < 1.29 is 19.1 Å². The second-order valence-electron chi connectivity index (χ2n) is 10.2. The minimum absolute atomic E-state index is 0.0245. The molecule has 5 rings (SSSR count). The molecule has 1 N–H and O–H groups in total. The predicted molar refractivity (Wildman–Crippen MR) is 157 cm³/mol. The average Bonchev–Trinajstić information content (AvgIpc) is 2.98. The Labute approximate surface area is 237 Å². The average molecular weight is 542 g/mol. The number of benzene rings is 3. The summed E-state index contributed by atoms with van der Waals surface area (Å²) < 4.78 is 11.8. The smallest absolute Gasteiger partial charge is 0.254 e. The maximum Gasteiger partial charge on any atom is 0.254 e. The number of hydrogen-bond donors (Lipinski definition) is 1. The van der Waals surface area contributed by atoms with Gasteiger partial charge >= 0.3 is 0 Å². The number of fused-ring (bicyclic) bond motifs is 4. The molecule has 2 amide bonds.